The Morgan fingerprint density at radius 1 is 0.453 bits per heavy atom. The van der Waals surface area contributed by atoms with Crippen LogP contribution in [0.25, 0.3) is 104 Å². The van der Waals surface area contributed by atoms with Gasteiger partial charge in [-0.3, -0.25) is 0 Å². The molecule has 4 heterocycles. The largest absolute Gasteiger partial charge is 0.456 e. The van der Waals surface area contributed by atoms with Gasteiger partial charge >= 0.3 is 0 Å². The molecule has 0 fully saturated rings. The van der Waals surface area contributed by atoms with Crippen molar-refractivity contribution in [3.05, 3.63) is 164 Å². The highest BCUT2D eigenvalue weighted by atomic mass is 32.1. The Hall–Kier alpha value is -6.96. The Labute approximate surface area is 307 Å². The topological polar surface area (TPSA) is 69.6 Å². The number of hydrogen-bond acceptors (Lipinski definition) is 6. The molecule has 0 saturated heterocycles. The maximum Gasteiger partial charge on any atom is 0.164 e. The van der Waals surface area contributed by atoms with Crippen LogP contribution in [0.1, 0.15) is 0 Å². The molecule has 0 bridgehead atoms. The fraction of sp³-hybridized carbons (Fsp3) is 0. The second-order valence-corrected chi connectivity index (χ2v) is 14.1. The summed E-state index contributed by atoms with van der Waals surface area (Å²) in [6.07, 6.45) is 0. The van der Waals surface area contributed by atoms with E-state index in [4.69, 9.17) is 24.4 Å². The quantitative estimate of drug-likeness (QED) is 0.179. The molecule has 53 heavy (non-hydrogen) atoms. The lowest BCUT2D eigenvalue weighted by Gasteiger charge is -2.11. The van der Waals surface area contributed by atoms with Gasteiger partial charge in [0.25, 0.3) is 0 Å². The first-order valence-corrected chi connectivity index (χ1v) is 18.3. The van der Waals surface area contributed by atoms with E-state index >= 15 is 0 Å². The molecule has 7 heteroatoms. The highest BCUT2D eigenvalue weighted by molar-refractivity contribution is 7.21. The molecule has 0 aliphatic carbocycles. The third-order valence-corrected chi connectivity index (χ3v) is 11.0. The van der Waals surface area contributed by atoms with Crippen LogP contribution < -0.4 is 0 Å². The first-order valence-electron chi connectivity index (χ1n) is 17.5. The van der Waals surface area contributed by atoms with Crippen molar-refractivity contribution < 1.29 is 4.42 Å². The Balaban J connectivity index is 1.17. The molecule has 0 radical (unpaired) electrons. The molecule has 0 aliphatic rings. The monoisotopic (exact) mass is 697 g/mol. The van der Waals surface area contributed by atoms with Gasteiger partial charge in [-0.25, -0.2) is 19.9 Å². The van der Waals surface area contributed by atoms with Gasteiger partial charge in [0.15, 0.2) is 17.5 Å². The molecule has 6 nitrogen and oxygen atoms in total. The van der Waals surface area contributed by atoms with Crippen molar-refractivity contribution in [3.8, 4) is 50.4 Å². The average molecular weight is 698 g/mol. The van der Waals surface area contributed by atoms with Crippen molar-refractivity contribution in [2.75, 3.05) is 0 Å². The first kappa shape index (κ1) is 29.7. The number of fused-ring (bicyclic) bond motifs is 7. The molecule has 0 amide bonds. The Morgan fingerprint density at radius 2 is 1.09 bits per heavy atom. The summed E-state index contributed by atoms with van der Waals surface area (Å²) in [5, 5.41) is 5.25. The summed E-state index contributed by atoms with van der Waals surface area (Å²) in [5.74, 6) is 1.77. The van der Waals surface area contributed by atoms with Crippen molar-refractivity contribution in [3.63, 3.8) is 0 Å². The van der Waals surface area contributed by atoms with Crippen LogP contribution in [0.4, 0.5) is 0 Å². The van der Waals surface area contributed by atoms with E-state index in [1.165, 1.54) is 10.8 Å². The van der Waals surface area contributed by atoms with Crippen LogP contribution in [0.3, 0.4) is 0 Å². The summed E-state index contributed by atoms with van der Waals surface area (Å²) in [7, 11) is 0. The standard InChI is InChI=1S/C46H27N5OS/c1-3-13-28(14-4-1)43-48-44(29-25-26-32-31-17-7-9-21-36(31)51(37(32)27-29)30-15-5-2-6-16-30)50-45(49-43)33-18-11-22-38-41(33)42-34(19-12-23-39(42)52-38)46-47-35-20-8-10-24-40(35)53-46/h1-27H. The molecule has 11 aromatic rings. The van der Waals surface area contributed by atoms with Crippen LogP contribution in [0.15, 0.2) is 168 Å². The minimum atomic E-state index is 0.574. The number of aromatic nitrogens is 5. The summed E-state index contributed by atoms with van der Waals surface area (Å²) >= 11 is 1.68. The van der Waals surface area contributed by atoms with E-state index in [0.29, 0.717) is 17.5 Å². The van der Waals surface area contributed by atoms with Gasteiger partial charge in [-0.15, -0.1) is 11.3 Å². The predicted molar refractivity (Wildman–Crippen MR) is 216 cm³/mol. The zero-order valence-corrected chi connectivity index (χ0v) is 29.0. The molecular formula is C46H27N5OS. The van der Waals surface area contributed by atoms with E-state index < -0.39 is 0 Å². The lowest BCUT2D eigenvalue weighted by atomic mass is 10.0. The smallest absolute Gasteiger partial charge is 0.164 e. The van der Waals surface area contributed by atoms with Crippen LogP contribution >= 0.6 is 11.3 Å². The normalized spacial score (nSPS) is 11.8. The van der Waals surface area contributed by atoms with Gasteiger partial charge in [-0.2, -0.15) is 0 Å². The summed E-state index contributed by atoms with van der Waals surface area (Å²) in [4.78, 5) is 20.6. The lowest BCUT2D eigenvalue weighted by Crippen LogP contribution is -2.01. The molecule has 0 N–H and O–H groups in total. The first-order chi connectivity index (χ1) is 26.3. The fourth-order valence-corrected chi connectivity index (χ4v) is 8.52. The van der Waals surface area contributed by atoms with Crippen molar-refractivity contribution in [1.82, 2.24) is 24.5 Å². The third kappa shape index (κ3) is 4.79. The minimum absolute atomic E-state index is 0.574. The molecule has 0 unspecified atom stereocenters. The van der Waals surface area contributed by atoms with Crippen LogP contribution in [0, 0.1) is 0 Å². The van der Waals surface area contributed by atoms with Crippen LogP contribution in [0.2, 0.25) is 0 Å². The molecule has 4 aromatic heterocycles. The second kappa shape index (κ2) is 11.8. The van der Waals surface area contributed by atoms with Gasteiger partial charge in [0, 0.05) is 49.5 Å². The molecule has 0 atom stereocenters. The number of hydrogen-bond donors (Lipinski definition) is 0. The van der Waals surface area contributed by atoms with E-state index in [-0.39, 0.29) is 0 Å². The number of furan rings is 1. The molecule has 11 rings (SSSR count). The Kier molecular flexibility index (Phi) is 6.62. The highest BCUT2D eigenvalue weighted by Crippen LogP contribution is 2.43. The number of benzene rings is 7. The van der Waals surface area contributed by atoms with Crippen LogP contribution in [0.5, 0.6) is 0 Å². The van der Waals surface area contributed by atoms with E-state index in [1.54, 1.807) is 11.3 Å². The number of para-hydroxylation sites is 3. The minimum Gasteiger partial charge on any atom is -0.456 e. The van der Waals surface area contributed by atoms with Gasteiger partial charge in [0.1, 0.15) is 16.2 Å². The van der Waals surface area contributed by atoms with E-state index in [2.05, 4.69) is 102 Å². The Morgan fingerprint density at radius 3 is 1.91 bits per heavy atom. The summed E-state index contributed by atoms with van der Waals surface area (Å²) in [6, 6.07) is 56.2. The maximum absolute atomic E-state index is 6.52. The molecule has 0 aliphatic heterocycles. The molecule has 0 saturated carbocycles. The molecule has 7 aromatic carbocycles. The van der Waals surface area contributed by atoms with Gasteiger partial charge in [0.2, 0.25) is 0 Å². The summed E-state index contributed by atoms with van der Waals surface area (Å²) < 4.78 is 9.98. The average Bonchev–Trinajstić information content (AvgIpc) is 3.93. The third-order valence-electron chi connectivity index (χ3n) is 9.90. The van der Waals surface area contributed by atoms with Crippen molar-refractivity contribution in [1.29, 1.82) is 0 Å². The van der Waals surface area contributed by atoms with Gasteiger partial charge in [0.05, 0.1) is 21.3 Å². The van der Waals surface area contributed by atoms with Crippen molar-refractivity contribution in [2.45, 2.75) is 0 Å². The summed E-state index contributed by atoms with van der Waals surface area (Å²) in [5.41, 5.74) is 9.57. The van der Waals surface area contributed by atoms with Crippen molar-refractivity contribution in [2.24, 2.45) is 0 Å². The fourth-order valence-electron chi connectivity index (χ4n) is 7.53. The van der Waals surface area contributed by atoms with Crippen LogP contribution in [-0.4, -0.2) is 24.5 Å². The summed E-state index contributed by atoms with van der Waals surface area (Å²) in [6.45, 7) is 0. The van der Waals surface area contributed by atoms with E-state index in [0.717, 1.165) is 76.1 Å². The SMILES string of the molecule is c1ccc(-c2nc(-c3ccc4c5ccccc5n(-c5ccccc5)c4c3)nc(-c3cccc4oc5cccc(-c6nc7ccccc7s6)c5c34)n2)cc1. The van der Waals surface area contributed by atoms with Gasteiger partial charge in [-0.1, -0.05) is 115 Å². The number of thiazole rings is 1. The molecule has 0 spiro atoms. The van der Waals surface area contributed by atoms with Gasteiger partial charge in [-0.05, 0) is 48.5 Å². The number of nitrogens with zero attached hydrogens (tertiary/aromatic N) is 5. The highest BCUT2D eigenvalue weighted by Gasteiger charge is 2.22. The van der Waals surface area contributed by atoms with Crippen molar-refractivity contribution >= 4 is 65.3 Å². The predicted octanol–water partition coefficient (Wildman–Crippen LogP) is 12.1. The second-order valence-electron chi connectivity index (χ2n) is 13.0. The maximum atomic E-state index is 6.52. The van der Waals surface area contributed by atoms with E-state index in [9.17, 15) is 0 Å². The van der Waals surface area contributed by atoms with Gasteiger partial charge < -0.3 is 8.98 Å². The zero-order chi connectivity index (χ0) is 34.9. The molecular weight excluding hydrogens is 671 g/mol. The zero-order valence-electron chi connectivity index (χ0n) is 28.1. The molecule has 248 valence electrons. The Bertz CT molecular complexity index is 3150. The number of rotatable bonds is 5. The van der Waals surface area contributed by atoms with Crippen LogP contribution in [-0.2, 0) is 0 Å². The lowest BCUT2D eigenvalue weighted by molar-refractivity contribution is 0.669. The van der Waals surface area contributed by atoms with E-state index in [1.807, 2.05) is 66.7 Å².